The van der Waals surface area contributed by atoms with Crippen LogP contribution < -0.4 is 5.32 Å². The van der Waals surface area contributed by atoms with Crippen molar-refractivity contribution in [1.29, 1.82) is 0 Å². The number of hydrogen-bond acceptors (Lipinski definition) is 3. The van der Waals surface area contributed by atoms with Gasteiger partial charge in [-0.1, -0.05) is 23.2 Å². The van der Waals surface area contributed by atoms with Crippen molar-refractivity contribution in [3.8, 4) is 0 Å². The van der Waals surface area contributed by atoms with Crippen molar-refractivity contribution in [3.63, 3.8) is 0 Å². The van der Waals surface area contributed by atoms with E-state index in [1.807, 2.05) is 19.2 Å². The first kappa shape index (κ1) is 13.9. The molecule has 6 heteroatoms. The molecule has 0 aliphatic carbocycles. The molecule has 0 atom stereocenters. The van der Waals surface area contributed by atoms with Crippen LogP contribution in [0.25, 0.3) is 10.9 Å². The Morgan fingerprint density at radius 1 is 1.33 bits per heavy atom. The van der Waals surface area contributed by atoms with Crippen molar-refractivity contribution in [2.24, 2.45) is 0 Å². The lowest BCUT2D eigenvalue weighted by Crippen LogP contribution is -1.98. The normalized spacial score (nSPS) is 10.9. The zero-order valence-electron chi connectivity index (χ0n) is 9.85. The fourth-order valence-electron chi connectivity index (χ4n) is 1.75. The molecule has 96 valence electrons. The summed E-state index contributed by atoms with van der Waals surface area (Å²) in [5.41, 5.74) is 2.41. The highest BCUT2D eigenvalue weighted by atomic mass is 79.9. The molecule has 0 fully saturated rings. The molecule has 1 heterocycles. The van der Waals surface area contributed by atoms with Gasteiger partial charge in [0, 0.05) is 29.7 Å². The summed E-state index contributed by atoms with van der Waals surface area (Å²) in [6.07, 6.45) is 0. The van der Waals surface area contributed by atoms with Crippen LogP contribution in [0.2, 0.25) is 10.0 Å². The lowest BCUT2D eigenvalue weighted by molar-refractivity contribution is 0.182. The molecule has 0 bridgehead atoms. The minimum absolute atomic E-state index is 0.425. The van der Waals surface area contributed by atoms with E-state index in [2.05, 4.69) is 26.2 Å². The molecule has 2 rings (SSSR count). The standard InChI is InChI=1S/C12H11BrCl2N2O/c1-16-9-3-6(5-18-2)17-12-7(9)4-8(13)10(14)11(12)15/h3-4H,5H2,1-2H3,(H,16,17). The van der Waals surface area contributed by atoms with E-state index in [0.717, 1.165) is 21.2 Å². The van der Waals surface area contributed by atoms with Crippen LogP contribution in [0.3, 0.4) is 0 Å². The van der Waals surface area contributed by atoms with E-state index in [-0.39, 0.29) is 0 Å². The lowest BCUT2D eigenvalue weighted by Gasteiger charge is -2.11. The molecule has 0 saturated carbocycles. The number of benzene rings is 1. The van der Waals surface area contributed by atoms with Crippen LogP contribution in [0.5, 0.6) is 0 Å². The third kappa shape index (κ3) is 2.43. The molecule has 3 nitrogen and oxygen atoms in total. The molecule has 0 amide bonds. The Kier molecular flexibility index (Phi) is 4.33. The summed E-state index contributed by atoms with van der Waals surface area (Å²) >= 11 is 15.7. The van der Waals surface area contributed by atoms with Crippen LogP contribution in [-0.2, 0) is 11.3 Å². The summed E-state index contributed by atoms with van der Waals surface area (Å²) in [4.78, 5) is 4.47. The molecule has 0 aliphatic heterocycles. The number of ether oxygens (including phenoxy) is 1. The van der Waals surface area contributed by atoms with Crippen molar-refractivity contribution >= 4 is 55.7 Å². The second-order valence-electron chi connectivity index (χ2n) is 3.73. The molecule has 1 aromatic heterocycles. The topological polar surface area (TPSA) is 34.1 Å². The molecular weight excluding hydrogens is 339 g/mol. The molecular formula is C12H11BrCl2N2O. The Balaban J connectivity index is 2.79. The number of aromatic nitrogens is 1. The van der Waals surface area contributed by atoms with E-state index < -0.39 is 0 Å². The average molecular weight is 350 g/mol. The molecule has 1 N–H and O–H groups in total. The molecule has 1 aromatic carbocycles. The first-order chi connectivity index (χ1) is 8.58. The number of nitrogens with zero attached hydrogens (tertiary/aromatic N) is 1. The van der Waals surface area contributed by atoms with Gasteiger partial charge < -0.3 is 10.1 Å². The maximum absolute atomic E-state index is 6.24. The van der Waals surface area contributed by atoms with Gasteiger partial charge in [-0.05, 0) is 28.1 Å². The van der Waals surface area contributed by atoms with Crippen molar-refractivity contribution in [2.75, 3.05) is 19.5 Å². The number of methoxy groups -OCH3 is 1. The second kappa shape index (κ2) is 5.61. The number of pyridine rings is 1. The predicted molar refractivity (Wildman–Crippen MR) is 79.7 cm³/mol. The third-order valence-electron chi connectivity index (χ3n) is 2.55. The molecule has 2 aromatic rings. The predicted octanol–water partition coefficient (Wildman–Crippen LogP) is 4.49. The lowest BCUT2D eigenvalue weighted by atomic mass is 10.1. The molecule has 18 heavy (non-hydrogen) atoms. The highest BCUT2D eigenvalue weighted by Gasteiger charge is 2.13. The molecule has 0 radical (unpaired) electrons. The fraction of sp³-hybridized carbons (Fsp3) is 0.250. The Morgan fingerprint density at radius 3 is 2.67 bits per heavy atom. The van der Waals surface area contributed by atoms with Gasteiger partial charge in [0.1, 0.15) is 0 Å². The Hall–Kier alpha value is -0.550. The first-order valence-electron chi connectivity index (χ1n) is 5.22. The third-order valence-corrected chi connectivity index (χ3v) is 4.27. The van der Waals surface area contributed by atoms with Gasteiger partial charge >= 0.3 is 0 Å². The number of anilines is 1. The molecule has 0 unspecified atom stereocenters. The number of rotatable bonds is 3. The second-order valence-corrected chi connectivity index (χ2v) is 5.34. The monoisotopic (exact) mass is 348 g/mol. The van der Waals surface area contributed by atoms with Crippen LogP contribution in [0.15, 0.2) is 16.6 Å². The van der Waals surface area contributed by atoms with Crippen LogP contribution in [-0.4, -0.2) is 19.1 Å². The van der Waals surface area contributed by atoms with E-state index in [4.69, 9.17) is 27.9 Å². The summed E-state index contributed by atoms with van der Waals surface area (Å²) < 4.78 is 5.84. The number of fused-ring (bicyclic) bond motifs is 1. The highest BCUT2D eigenvalue weighted by Crippen LogP contribution is 2.38. The summed E-state index contributed by atoms with van der Waals surface area (Å²) in [7, 11) is 3.48. The number of halogens is 3. The summed E-state index contributed by atoms with van der Waals surface area (Å²) in [6, 6.07) is 3.83. The molecule has 0 spiro atoms. The zero-order chi connectivity index (χ0) is 13.3. The first-order valence-corrected chi connectivity index (χ1v) is 6.77. The van der Waals surface area contributed by atoms with Crippen LogP contribution in [0, 0.1) is 0 Å². The van der Waals surface area contributed by atoms with Gasteiger partial charge in [0.05, 0.1) is 27.9 Å². The van der Waals surface area contributed by atoms with Gasteiger partial charge in [-0.2, -0.15) is 0 Å². The quantitative estimate of drug-likeness (QED) is 0.829. The maximum Gasteiger partial charge on any atom is 0.0929 e. The summed E-state index contributed by atoms with van der Waals surface area (Å²) in [5, 5.41) is 4.95. The van der Waals surface area contributed by atoms with E-state index in [9.17, 15) is 0 Å². The smallest absolute Gasteiger partial charge is 0.0929 e. The highest BCUT2D eigenvalue weighted by molar-refractivity contribution is 9.10. The fourth-order valence-corrected chi connectivity index (χ4v) is 2.68. The Bertz CT molecular complexity index is 604. The SMILES string of the molecule is CNc1cc(COC)nc2c(Cl)c(Cl)c(Br)cc12. The van der Waals surface area contributed by atoms with Gasteiger partial charge in [0.2, 0.25) is 0 Å². The summed E-state index contributed by atoms with van der Waals surface area (Å²) in [5.74, 6) is 0. The minimum Gasteiger partial charge on any atom is -0.388 e. The average Bonchev–Trinajstić information content (AvgIpc) is 2.37. The zero-order valence-corrected chi connectivity index (χ0v) is 12.9. The largest absolute Gasteiger partial charge is 0.388 e. The van der Waals surface area contributed by atoms with Crippen molar-refractivity contribution in [1.82, 2.24) is 4.98 Å². The van der Waals surface area contributed by atoms with Gasteiger partial charge in [-0.25, -0.2) is 4.98 Å². The Morgan fingerprint density at radius 2 is 2.06 bits per heavy atom. The van der Waals surface area contributed by atoms with Gasteiger partial charge in [0.25, 0.3) is 0 Å². The van der Waals surface area contributed by atoms with E-state index in [1.54, 1.807) is 7.11 Å². The Labute approximate surface area is 124 Å². The van der Waals surface area contributed by atoms with E-state index in [0.29, 0.717) is 22.2 Å². The van der Waals surface area contributed by atoms with Gasteiger partial charge in [-0.15, -0.1) is 0 Å². The maximum atomic E-state index is 6.24. The molecule has 0 saturated heterocycles. The summed E-state index contributed by atoms with van der Waals surface area (Å²) in [6.45, 7) is 0.425. The number of hydrogen-bond donors (Lipinski definition) is 1. The van der Waals surface area contributed by atoms with Crippen molar-refractivity contribution in [2.45, 2.75) is 6.61 Å². The van der Waals surface area contributed by atoms with Crippen LogP contribution >= 0.6 is 39.1 Å². The van der Waals surface area contributed by atoms with Crippen LogP contribution in [0.1, 0.15) is 5.69 Å². The van der Waals surface area contributed by atoms with Gasteiger partial charge in [0.15, 0.2) is 0 Å². The van der Waals surface area contributed by atoms with Gasteiger partial charge in [-0.3, -0.25) is 0 Å². The van der Waals surface area contributed by atoms with E-state index in [1.165, 1.54) is 0 Å². The van der Waals surface area contributed by atoms with Crippen LogP contribution in [0.4, 0.5) is 5.69 Å². The number of nitrogens with one attached hydrogen (secondary N) is 1. The molecule has 0 aliphatic rings. The van der Waals surface area contributed by atoms with Crippen molar-refractivity contribution in [3.05, 3.63) is 32.3 Å². The van der Waals surface area contributed by atoms with Crippen molar-refractivity contribution < 1.29 is 4.74 Å². The minimum atomic E-state index is 0.425. The van der Waals surface area contributed by atoms with E-state index >= 15 is 0 Å².